The second kappa shape index (κ2) is 12.2. The van der Waals surface area contributed by atoms with Gasteiger partial charge in [0.25, 0.3) is 0 Å². The van der Waals surface area contributed by atoms with Crippen LogP contribution in [0.15, 0.2) is 53.5 Å². The van der Waals surface area contributed by atoms with Gasteiger partial charge in [0, 0.05) is 26.3 Å². The highest BCUT2D eigenvalue weighted by Crippen LogP contribution is 2.15. The van der Waals surface area contributed by atoms with Crippen LogP contribution in [0.2, 0.25) is 0 Å². The number of methoxy groups -OCH3 is 1. The van der Waals surface area contributed by atoms with Crippen molar-refractivity contribution in [3.8, 4) is 5.75 Å². The van der Waals surface area contributed by atoms with E-state index < -0.39 is 0 Å². The van der Waals surface area contributed by atoms with Gasteiger partial charge in [-0.15, -0.1) is 0 Å². The third kappa shape index (κ3) is 7.35. The fourth-order valence-corrected chi connectivity index (χ4v) is 3.28. The molecule has 6 nitrogen and oxygen atoms in total. The first kappa shape index (κ1) is 22.1. The second-order valence-corrected chi connectivity index (χ2v) is 7.34. The molecule has 0 unspecified atom stereocenters. The van der Waals surface area contributed by atoms with Crippen molar-refractivity contribution in [2.24, 2.45) is 4.99 Å². The Morgan fingerprint density at radius 2 is 1.80 bits per heavy atom. The smallest absolute Gasteiger partial charge is 0.191 e. The Bertz CT molecular complexity index is 787. The van der Waals surface area contributed by atoms with Crippen LogP contribution in [0.3, 0.4) is 0 Å². The predicted octanol–water partition coefficient (Wildman–Crippen LogP) is 3.65. The van der Waals surface area contributed by atoms with E-state index in [0.717, 1.165) is 49.9 Å². The molecule has 0 amide bonds. The zero-order valence-corrected chi connectivity index (χ0v) is 18.0. The topological polar surface area (TPSA) is 64.1 Å². The minimum Gasteiger partial charge on any atom is -0.497 e. The minimum atomic E-state index is 0.323. The number of nitrogens with one attached hydrogen (secondary N) is 2. The average molecular weight is 412 g/mol. The van der Waals surface area contributed by atoms with Crippen LogP contribution in [0.1, 0.15) is 36.5 Å². The summed E-state index contributed by atoms with van der Waals surface area (Å²) in [4.78, 5) is 4.68. The highest BCUT2D eigenvalue weighted by Gasteiger charge is 2.13. The fraction of sp³-hybridized carbons (Fsp3) is 0.458. The van der Waals surface area contributed by atoms with Crippen LogP contribution in [0.25, 0.3) is 0 Å². The third-order valence-electron chi connectivity index (χ3n) is 5.04. The Labute approximate surface area is 179 Å². The van der Waals surface area contributed by atoms with Gasteiger partial charge >= 0.3 is 0 Å². The molecule has 2 aromatic rings. The van der Waals surface area contributed by atoms with E-state index >= 15 is 0 Å². The van der Waals surface area contributed by atoms with Crippen LogP contribution in [0.5, 0.6) is 5.75 Å². The number of hydrogen-bond donors (Lipinski definition) is 2. The number of hydrogen-bond acceptors (Lipinski definition) is 4. The van der Waals surface area contributed by atoms with Gasteiger partial charge in [-0.2, -0.15) is 0 Å². The second-order valence-electron chi connectivity index (χ2n) is 7.34. The molecule has 162 valence electrons. The molecule has 3 rings (SSSR count). The van der Waals surface area contributed by atoms with E-state index in [1.54, 1.807) is 7.11 Å². The third-order valence-corrected chi connectivity index (χ3v) is 5.04. The predicted molar refractivity (Wildman–Crippen MR) is 120 cm³/mol. The highest BCUT2D eigenvalue weighted by molar-refractivity contribution is 5.79. The van der Waals surface area contributed by atoms with Gasteiger partial charge in [0.15, 0.2) is 5.96 Å². The Hall–Kier alpha value is -2.57. The number of rotatable bonds is 9. The monoisotopic (exact) mass is 411 g/mol. The molecular weight excluding hydrogens is 378 g/mol. The molecule has 2 N–H and O–H groups in total. The van der Waals surface area contributed by atoms with Crippen LogP contribution in [-0.2, 0) is 29.2 Å². The molecule has 0 saturated carbocycles. The van der Waals surface area contributed by atoms with Gasteiger partial charge in [-0.3, -0.25) is 0 Å². The first-order valence-corrected chi connectivity index (χ1v) is 10.7. The molecule has 30 heavy (non-hydrogen) atoms. The molecule has 0 aromatic heterocycles. The van der Waals surface area contributed by atoms with E-state index in [1.165, 1.54) is 11.1 Å². The summed E-state index contributed by atoms with van der Waals surface area (Å²) in [5.41, 5.74) is 3.51. The van der Waals surface area contributed by atoms with E-state index in [-0.39, 0.29) is 0 Å². The summed E-state index contributed by atoms with van der Waals surface area (Å²) < 4.78 is 16.7. The van der Waals surface area contributed by atoms with Crippen molar-refractivity contribution >= 4 is 5.96 Å². The van der Waals surface area contributed by atoms with Gasteiger partial charge in [0.2, 0.25) is 0 Å². The van der Waals surface area contributed by atoms with Crippen LogP contribution in [0, 0.1) is 0 Å². The SMILES string of the molecule is CCNC(=NCc1cccc(OC)c1)NCc1ccc(COC2CCOCC2)cc1. The number of ether oxygens (including phenoxy) is 3. The van der Waals surface area contributed by atoms with Crippen molar-refractivity contribution in [3.05, 3.63) is 65.2 Å². The molecule has 1 saturated heterocycles. The van der Waals surface area contributed by atoms with Gasteiger partial charge in [0.05, 0.1) is 26.4 Å². The average Bonchev–Trinajstić information content (AvgIpc) is 2.81. The molecule has 1 heterocycles. The summed E-state index contributed by atoms with van der Waals surface area (Å²) in [6.45, 7) is 6.46. The van der Waals surface area contributed by atoms with Crippen molar-refractivity contribution in [1.82, 2.24) is 10.6 Å². The first-order chi connectivity index (χ1) is 14.8. The Kier molecular flexibility index (Phi) is 9.00. The van der Waals surface area contributed by atoms with Crippen molar-refractivity contribution in [2.75, 3.05) is 26.9 Å². The van der Waals surface area contributed by atoms with E-state index in [1.807, 2.05) is 18.2 Å². The van der Waals surface area contributed by atoms with E-state index in [0.29, 0.717) is 25.8 Å². The maximum atomic E-state index is 6.00. The molecule has 1 fully saturated rings. The van der Waals surface area contributed by atoms with Gasteiger partial charge in [-0.05, 0) is 48.6 Å². The van der Waals surface area contributed by atoms with E-state index in [9.17, 15) is 0 Å². The molecule has 0 atom stereocenters. The summed E-state index contributed by atoms with van der Waals surface area (Å²) in [5, 5.41) is 6.70. The Balaban J connectivity index is 1.48. The summed E-state index contributed by atoms with van der Waals surface area (Å²) in [6, 6.07) is 16.5. The summed E-state index contributed by atoms with van der Waals surface area (Å²) >= 11 is 0. The number of nitrogens with zero attached hydrogens (tertiary/aromatic N) is 1. The number of guanidine groups is 1. The van der Waals surface area contributed by atoms with Crippen molar-refractivity contribution < 1.29 is 14.2 Å². The molecular formula is C24H33N3O3. The highest BCUT2D eigenvalue weighted by atomic mass is 16.5. The van der Waals surface area contributed by atoms with Crippen LogP contribution in [-0.4, -0.2) is 38.9 Å². The standard InChI is InChI=1S/C24H33N3O3/c1-3-25-24(27-17-21-5-4-6-23(15-21)28-2)26-16-19-7-9-20(10-8-19)18-30-22-11-13-29-14-12-22/h4-10,15,22H,3,11-14,16-18H2,1-2H3,(H2,25,26,27). The molecule has 0 aliphatic carbocycles. The molecule has 1 aliphatic rings. The maximum Gasteiger partial charge on any atom is 0.191 e. The van der Waals surface area contributed by atoms with E-state index in [2.05, 4.69) is 52.9 Å². The normalized spacial score (nSPS) is 15.1. The summed E-state index contributed by atoms with van der Waals surface area (Å²) in [7, 11) is 1.68. The van der Waals surface area contributed by atoms with Gasteiger partial charge in [0.1, 0.15) is 5.75 Å². The number of aliphatic imine (C=N–C) groups is 1. The maximum absolute atomic E-state index is 6.00. The first-order valence-electron chi connectivity index (χ1n) is 10.7. The van der Waals surface area contributed by atoms with Gasteiger partial charge in [-0.25, -0.2) is 4.99 Å². The zero-order valence-electron chi connectivity index (χ0n) is 18.0. The van der Waals surface area contributed by atoms with Crippen LogP contribution >= 0.6 is 0 Å². The molecule has 0 spiro atoms. The lowest BCUT2D eigenvalue weighted by Gasteiger charge is -2.22. The summed E-state index contributed by atoms with van der Waals surface area (Å²) in [6.07, 6.45) is 2.30. The van der Waals surface area contributed by atoms with Crippen molar-refractivity contribution in [1.29, 1.82) is 0 Å². The quantitative estimate of drug-likeness (QED) is 0.487. The molecule has 6 heteroatoms. The Morgan fingerprint density at radius 3 is 2.53 bits per heavy atom. The van der Waals surface area contributed by atoms with E-state index in [4.69, 9.17) is 14.2 Å². The number of benzene rings is 2. The Morgan fingerprint density at radius 1 is 1.03 bits per heavy atom. The molecule has 2 aromatic carbocycles. The molecule has 0 bridgehead atoms. The lowest BCUT2D eigenvalue weighted by molar-refractivity contribution is -0.0390. The van der Waals surface area contributed by atoms with Crippen LogP contribution in [0.4, 0.5) is 0 Å². The summed E-state index contributed by atoms with van der Waals surface area (Å²) in [5.74, 6) is 1.65. The zero-order chi connectivity index (χ0) is 21.0. The molecule has 0 radical (unpaired) electrons. The van der Waals surface area contributed by atoms with Crippen LogP contribution < -0.4 is 15.4 Å². The molecule has 1 aliphatic heterocycles. The lowest BCUT2D eigenvalue weighted by atomic mass is 10.1. The largest absolute Gasteiger partial charge is 0.497 e. The van der Waals surface area contributed by atoms with Crippen molar-refractivity contribution in [2.45, 2.75) is 45.6 Å². The van der Waals surface area contributed by atoms with Gasteiger partial charge in [-0.1, -0.05) is 36.4 Å². The minimum absolute atomic E-state index is 0.323. The lowest BCUT2D eigenvalue weighted by Crippen LogP contribution is -2.36. The van der Waals surface area contributed by atoms with Crippen molar-refractivity contribution in [3.63, 3.8) is 0 Å². The van der Waals surface area contributed by atoms with Gasteiger partial charge < -0.3 is 24.8 Å². The fourth-order valence-electron chi connectivity index (χ4n) is 3.28.